The summed E-state index contributed by atoms with van der Waals surface area (Å²) < 4.78 is 25.9. The number of rotatable bonds is 2. The lowest BCUT2D eigenvalue weighted by Crippen LogP contribution is -2.24. The number of hydrogen-bond donors (Lipinski definition) is 2. The standard InChI is InChI=1S/C10H13F2NO/c1-5-8(10(13)6(2)14)3-7(11)4-9(5)12/h3-4,6,10,14H,13H2,1-2H3/t6-,10+/m0/s1. The molecule has 1 aromatic rings. The van der Waals surface area contributed by atoms with Crippen molar-refractivity contribution < 1.29 is 13.9 Å². The monoisotopic (exact) mass is 201 g/mol. The van der Waals surface area contributed by atoms with Gasteiger partial charge in [0.25, 0.3) is 0 Å². The molecular weight excluding hydrogens is 188 g/mol. The summed E-state index contributed by atoms with van der Waals surface area (Å²) in [6, 6.07) is 1.18. The van der Waals surface area contributed by atoms with Crippen molar-refractivity contribution in [1.29, 1.82) is 0 Å². The molecule has 0 amide bonds. The minimum Gasteiger partial charge on any atom is -0.391 e. The number of halogens is 2. The fraction of sp³-hybridized carbons (Fsp3) is 0.400. The minimum atomic E-state index is -0.838. The number of aliphatic hydroxyl groups is 1. The van der Waals surface area contributed by atoms with Gasteiger partial charge in [0, 0.05) is 6.07 Å². The van der Waals surface area contributed by atoms with Crippen LogP contribution in [0.3, 0.4) is 0 Å². The van der Waals surface area contributed by atoms with Crippen LogP contribution in [-0.4, -0.2) is 11.2 Å². The van der Waals surface area contributed by atoms with Crippen LogP contribution < -0.4 is 5.73 Å². The molecular formula is C10H13F2NO. The third kappa shape index (κ3) is 2.08. The van der Waals surface area contributed by atoms with Gasteiger partial charge in [0.15, 0.2) is 0 Å². The van der Waals surface area contributed by atoms with Crippen molar-refractivity contribution in [3.63, 3.8) is 0 Å². The van der Waals surface area contributed by atoms with Crippen LogP contribution >= 0.6 is 0 Å². The molecule has 3 N–H and O–H groups in total. The molecule has 0 aliphatic carbocycles. The normalized spacial score (nSPS) is 15.3. The van der Waals surface area contributed by atoms with E-state index in [2.05, 4.69) is 0 Å². The second-order valence-corrected chi connectivity index (χ2v) is 3.37. The fourth-order valence-electron chi connectivity index (χ4n) is 1.27. The van der Waals surface area contributed by atoms with E-state index in [0.717, 1.165) is 12.1 Å². The van der Waals surface area contributed by atoms with Gasteiger partial charge >= 0.3 is 0 Å². The van der Waals surface area contributed by atoms with Gasteiger partial charge in [0.1, 0.15) is 11.6 Å². The first-order valence-corrected chi connectivity index (χ1v) is 4.32. The maximum Gasteiger partial charge on any atom is 0.129 e. The van der Waals surface area contributed by atoms with Crippen molar-refractivity contribution in [2.75, 3.05) is 0 Å². The highest BCUT2D eigenvalue weighted by molar-refractivity contribution is 5.31. The lowest BCUT2D eigenvalue weighted by Gasteiger charge is -2.17. The second kappa shape index (κ2) is 4.02. The highest BCUT2D eigenvalue weighted by Crippen LogP contribution is 2.22. The van der Waals surface area contributed by atoms with Crippen molar-refractivity contribution in [3.05, 3.63) is 34.9 Å². The average Bonchev–Trinajstić information content (AvgIpc) is 2.09. The Morgan fingerprint density at radius 2 is 1.93 bits per heavy atom. The third-order valence-corrected chi connectivity index (χ3v) is 2.23. The zero-order valence-electron chi connectivity index (χ0n) is 8.09. The Morgan fingerprint density at radius 3 is 2.43 bits per heavy atom. The van der Waals surface area contributed by atoms with Gasteiger partial charge in [-0.1, -0.05) is 0 Å². The number of hydrogen-bond acceptors (Lipinski definition) is 2. The van der Waals surface area contributed by atoms with E-state index < -0.39 is 23.8 Å². The summed E-state index contributed by atoms with van der Waals surface area (Å²) >= 11 is 0. The van der Waals surface area contributed by atoms with Crippen LogP contribution in [0.15, 0.2) is 12.1 Å². The summed E-state index contributed by atoms with van der Waals surface area (Å²) in [5.74, 6) is -1.32. The van der Waals surface area contributed by atoms with Crippen molar-refractivity contribution in [3.8, 4) is 0 Å². The lowest BCUT2D eigenvalue weighted by molar-refractivity contribution is 0.163. The van der Waals surface area contributed by atoms with Crippen LogP contribution in [0.4, 0.5) is 8.78 Å². The van der Waals surface area contributed by atoms with Gasteiger partial charge in [0.2, 0.25) is 0 Å². The van der Waals surface area contributed by atoms with E-state index in [4.69, 9.17) is 5.73 Å². The van der Waals surface area contributed by atoms with E-state index in [1.165, 1.54) is 13.8 Å². The van der Waals surface area contributed by atoms with E-state index in [0.29, 0.717) is 5.56 Å². The van der Waals surface area contributed by atoms with Gasteiger partial charge in [-0.05, 0) is 31.0 Å². The minimum absolute atomic E-state index is 0.278. The van der Waals surface area contributed by atoms with Gasteiger partial charge in [-0.25, -0.2) is 8.78 Å². The molecule has 1 aromatic carbocycles. The highest BCUT2D eigenvalue weighted by atomic mass is 19.1. The van der Waals surface area contributed by atoms with Crippen LogP contribution in [0.2, 0.25) is 0 Å². The molecule has 0 fully saturated rings. The maximum atomic E-state index is 13.1. The summed E-state index contributed by atoms with van der Waals surface area (Å²) in [7, 11) is 0. The van der Waals surface area contributed by atoms with Gasteiger partial charge in [-0.15, -0.1) is 0 Å². The largest absolute Gasteiger partial charge is 0.391 e. The molecule has 0 unspecified atom stereocenters. The van der Waals surface area contributed by atoms with Crippen molar-refractivity contribution >= 4 is 0 Å². The van der Waals surface area contributed by atoms with E-state index in [-0.39, 0.29) is 5.56 Å². The van der Waals surface area contributed by atoms with Gasteiger partial charge < -0.3 is 10.8 Å². The molecule has 1 rings (SSSR count). The van der Waals surface area contributed by atoms with E-state index >= 15 is 0 Å². The molecule has 0 aliphatic rings. The Bertz CT molecular complexity index is 339. The fourth-order valence-corrected chi connectivity index (χ4v) is 1.27. The summed E-state index contributed by atoms with van der Waals surface area (Å²) in [5, 5.41) is 9.21. The molecule has 0 radical (unpaired) electrons. The Kier molecular flexibility index (Phi) is 3.18. The molecule has 4 heteroatoms. The smallest absolute Gasteiger partial charge is 0.129 e. The van der Waals surface area contributed by atoms with E-state index in [1.54, 1.807) is 0 Å². The van der Waals surface area contributed by atoms with Crippen molar-refractivity contribution in [2.24, 2.45) is 5.73 Å². The number of aliphatic hydroxyl groups excluding tert-OH is 1. The molecule has 2 atom stereocenters. The molecule has 0 heterocycles. The SMILES string of the molecule is Cc1c(F)cc(F)cc1[C@H](N)[C@H](C)O. The number of nitrogens with two attached hydrogens (primary N) is 1. The quantitative estimate of drug-likeness (QED) is 0.764. The molecule has 0 spiro atoms. The van der Waals surface area contributed by atoms with Crippen LogP contribution in [0.25, 0.3) is 0 Å². The first-order valence-electron chi connectivity index (χ1n) is 4.32. The molecule has 78 valence electrons. The van der Waals surface area contributed by atoms with Crippen molar-refractivity contribution in [2.45, 2.75) is 26.0 Å². The molecule has 2 nitrogen and oxygen atoms in total. The average molecular weight is 201 g/mol. The molecule has 0 aromatic heterocycles. The summed E-state index contributed by atoms with van der Waals surface area (Å²) in [6.07, 6.45) is -0.838. The zero-order chi connectivity index (χ0) is 10.9. The zero-order valence-corrected chi connectivity index (χ0v) is 8.09. The van der Waals surface area contributed by atoms with Crippen LogP contribution in [0.1, 0.15) is 24.1 Å². The predicted molar refractivity (Wildman–Crippen MR) is 49.7 cm³/mol. The molecule has 0 aliphatic heterocycles. The highest BCUT2D eigenvalue weighted by Gasteiger charge is 2.17. The Morgan fingerprint density at radius 1 is 1.36 bits per heavy atom. The van der Waals surface area contributed by atoms with Gasteiger partial charge in [-0.2, -0.15) is 0 Å². The van der Waals surface area contributed by atoms with Crippen molar-refractivity contribution in [1.82, 2.24) is 0 Å². The second-order valence-electron chi connectivity index (χ2n) is 3.37. The third-order valence-electron chi connectivity index (χ3n) is 2.23. The summed E-state index contributed by atoms with van der Waals surface area (Å²) in [6.45, 7) is 2.99. The van der Waals surface area contributed by atoms with Gasteiger partial charge in [-0.3, -0.25) is 0 Å². The first kappa shape index (κ1) is 11.1. The van der Waals surface area contributed by atoms with Crippen LogP contribution in [-0.2, 0) is 0 Å². The van der Waals surface area contributed by atoms with E-state index in [9.17, 15) is 13.9 Å². The Labute approximate surface area is 81.4 Å². The Hall–Kier alpha value is -1.00. The molecule has 0 saturated heterocycles. The summed E-state index contributed by atoms with van der Waals surface area (Å²) in [5.41, 5.74) is 6.17. The molecule has 0 saturated carbocycles. The van der Waals surface area contributed by atoms with Crippen LogP contribution in [0, 0.1) is 18.6 Å². The Balaban J connectivity index is 3.20. The molecule has 14 heavy (non-hydrogen) atoms. The molecule has 0 bridgehead atoms. The van der Waals surface area contributed by atoms with E-state index in [1.807, 2.05) is 0 Å². The van der Waals surface area contributed by atoms with Crippen LogP contribution in [0.5, 0.6) is 0 Å². The number of benzene rings is 1. The first-order chi connectivity index (χ1) is 6.43. The lowest BCUT2D eigenvalue weighted by atomic mass is 9.98. The van der Waals surface area contributed by atoms with Gasteiger partial charge in [0.05, 0.1) is 12.1 Å². The predicted octanol–water partition coefficient (Wildman–Crippen LogP) is 1.65. The summed E-state index contributed by atoms with van der Waals surface area (Å²) in [4.78, 5) is 0. The topological polar surface area (TPSA) is 46.2 Å². The maximum absolute atomic E-state index is 13.1.